The lowest BCUT2D eigenvalue weighted by Gasteiger charge is -2.13. The number of hydrogen-bond acceptors (Lipinski definition) is 4. The van der Waals surface area contributed by atoms with Crippen molar-refractivity contribution in [3.8, 4) is 5.69 Å². The molecule has 7 nitrogen and oxygen atoms in total. The van der Waals surface area contributed by atoms with E-state index in [9.17, 15) is 13.2 Å². The molecule has 0 spiro atoms. The smallest absolute Gasteiger partial charge is 0.235 e. The number of nitrogens with zero attached hydrogens (tertiary/aromatic N) is 3. The average molecular weight is 336 g/mol. The van der Waals surface area contributed by atoms with Crippen LogP contribution in [0, 0.1) is 0 Å². The third-order valence-electron chi connectivity index (χ3n) is 3.37. The molecule has 0 unspecified atom stereocenters. The van der Waals surface area contributed by atoms with Gasteiger partial charge in [0.05, 0.1) is 18.5 Å². The monoisotopic (exact) mass is 336 g/mol. The largest absolute Gasteiger partial charge is 0.355 e. The third kappa shape index (κ3) is 5.19. The predicted molar refractivity (Wildman–Crippen MR) is 87.8 cm³/mol. The highest BCUT2D eigenvalue weighted by molar-refractivity contribution is 7.88. The summed E-state index contributed by atoms with van der Waals surface area (Å²) in [6.07, 6.45) is 5.33. The average Bonchev–Trinajstić information content (AvgIpc) is 3.01. The van der Waals surface area contributed by atoms with E-state index in [1.54, 1.807) is 10.9 Å². The Morgan fingerprint density at radius 3 is 2.57 bits per heavy atom. The van der Waals surface area contributed by atoms with Gasteiger partial charge in [0.1, 0.15) is 0 Å². The highest BCUT2D eigenvalue weighted by Gasteiger charge is 2.14. The minimum atomic E-state index is -3.34. The van der Waals surface area contributed by atoms with Gasteiger partial charge >= 0.3 is 0 Å². The molecule has 1 aromatic heterocycles. The molecule has 0 atom stereocenters. The molecule has 1 aromatic carbocycles. The van der Waals surface area contributed by atoms with E-state index in [4.69, 9.17) is 0 Å². The Labute approximate surface area is 136 Å². The number of likely N-dealkylation sites (N-methyl/N-ethyl adjacent to an activating group) is 1. The number of nitrogens with one attached hydrogen (secondary N) is 1. The zero-order valence-corrected chi connectivity index (χ0v) is 14.0. The first kappa shape index (κ1) is 17.2. The molecule has 0 aliphatic carbocycles. The van der Waals surface area contributed by atoms with Gasteiger partial charge in [-0.1, -0.05) is 12.1 Å². The second kappa shape index (κ2) is 7.38. The number of rotatable bonds is 7. The van der Waals surface area contributed by atoms with Gasteiger partial charge in [-0.25, -0.2) is 13.1 Å². The molecule has 0 saturated carbocycles. The van der Waals surface area contributed by atoms with E-state index in [0.717, 1.165) is 21.8 Å². The van der Waals surface area contributed by atoms with Gasteiger partial charge in [0.25, 0.3) is 0 Å². The van der Waals surface area contributed by atoms with Crippen LogP contribution in [0.1, 0.15) is 5.56 Å². The lowest BCUT2D eigenvalue weighted by molar-refractivity contribution is -0.121. The van der Waals surface area contributed by atoms with Crippen molar-refractivity contribution in [2.45, 2.75) is 6.42 Å². The summed E-state index contributed by atoms with van der Waals surface area (Å²) < 4.78 is 25.2. The Morgan fingerprint density at radius 1 is 1.30 bits per heavy atom. The molecule has 0 saturated heterocycles. The maximum atomic E-state index is 11.7. The molecule has 23 heavy (non-hydrogen) atoms. The van der Waals surface area contributed by atoms with Crippen LogP contribution in [0.15, 0.2) is 42.7 Å². The molecule has 8 heteroatoms. The van der Waals surface area contributed by atoms with E-state index in [0.29, 0.717) is 13.0 Å². The predicted octanol–water partition coefficient (Wildman–Crippen LogP) is 0.422. The van der Waals surface area contributed by atoms with Crippen LogP contribution >= 0.6 is 0 Å². The van der Waals surface area contributed by atoms with Crippen LogP contribution in [0.25, 0.3) is 5.69 Å². The summed E-state index contributed by atoms with van der Waals surface area (Å²) in [6, 6.07) is 9.73. The van der Waals surface area contributed by atoms with Crippen LogP contribution in [-0.2, 0) is 21.2 Å². The highest BCUT2D eigenvalue weighted by atomic mass is 32.2. The Morgan fingerprint density at radius 2 is 2.00 bits per heavy atom. The number of benzene rings is 1. The molecule has 1 N–H and O–H groups in total. The molecule has 0 fully saturated rings. The summed E-state index contributed by atoms with van der Waals surface area (Å²) in [4.78, 5) is 11.7. The number of hydrogen-bond donors (Lipinski definition) is 1. The van der Waals surface area contributed by atoms with Gasteiger partial charge in [-0.15, -0.1) is 0 Å². The van der Waals surface area contributed by atoms with Crippen LogP contribution in [0.2, 0.25) is 0 Å². The normalized spacial score (nSPS) is 11.6. The maximum Gasteiger partial charge on any atom is 0.235 e. The van der Waals surface area contributed by atoms with Gasteiger partial charge in [-0.2, -0.15) is 9.40 Å². The van der Waals surface area contributed by atoms with Crippen LogP contribution in [0.4, 0.5) is 0 Å². The number of amides is 1. The van der Waals surface area contributed by atoms with Crippen molar-refractivity contribution in [2.75, 3.05) is 26.4 Å². The molecule has 124 valence electrons. The van der Waals surface area contributed by atoms with E-state index in [1.165, 1.54) is 7.05 Å². The molecule has 1 amide bonds. The van der Waals surface area contributed by atoms with Gasteiger partial charge in [0.15, 0.2) is 0 Å². The summed E-state index contributed by atoms with van der Waals surface area (Å²) >= 11 is 0. The van der Waals surface area contributed by atoms with Gasteiger partial charge < -0.3 is 5.32 Å². The van der Waals surface area contributed by atoms with E-state index in [-0.39, 0.29) is 12.5 Å². The topological polar surface area (TPSA) is 84.3 Å². The molecule has 2 rings (SSSR count). The van der Waals surface area contributed by atoms with Crippen LogP contribution in [-0.4, -0.2) is 54.8 Å². The summed E-state index contributed by atoms with van der Waals surface area (Å²) in [5, 5.41) is 6.87. The molecule has 0 aliphatic heterocycles. The molecule has 0 bridgehead atoms. The van der Waals surface area contributed by atoms with Crippen molar-refractivity contribution in [2.24, 2.45) is 0 Å². The standard InChI is InChI=1S/C15H20N4O3S/c1-18(23(2,21)22)12-15(20)16-10-8-13-4-6-14(7-5-13)19-11-3-9-17-19/h3-7,9,11H,8,10,12H2,1-2H3,(H,16,20). The summed E-state index contributed by atoms with van der Waals surface area (Å²) in [5.41, 5.74) is 2.05. The Kier molecular flexibility index (Phi) is 5.51. The lowest BCUT2D eigenvalue weighted by Crippen LogP contribution is -2.38. The third-order valence-corrected chi connectivity index (χ3v) is 4.63. The van der Waals surface area contributed by atoms with Crippen LogP contribution < -0.4 is 5.32 Å². The van der Waals surface area contributed by atoms with Crippen molar-refractivity contribution in [3.05, 3.63) is 48.3 Å². The Hall–Kier alpha value is -2.19. The maximum absolute atomic E-state index is 11.7. The van der Waals surface area contributed by atoms with E-state index >= 15 is 0 Å². The summed E-state index contributed by atoms with van der Waals surface area (Å²) in [7, 11) is -1.96. The summed E-state index contributed by atoms with van der Waals surface area (Å²) in [6.45, 7) is 0.286. The molecule has 1 heterocycles. The fourth-order valence-electron chi connectivity index (χ4n) is 1.96. The number of carbonyl (C=O) groups is 1. The van der Waals surface area contributed by atoms with Crippen molar-refractivity contribution < 1.29 is 13.2 Å². The molecular weight excluding hydrogens is 316 g/mol. The van der Waals surface area contributed by atoms with E-state index < -0.39 is 10.0 Å². The zero-order chi connectivity index (χ0) is 16.9. The number of carbonyl (C=O) groups excluding carboxylic acids is 1. The fourth-order valence-corrected chi connectivity index (χ4v) is 2.31. The van der Waals surface area contributed by atoms with Gasteiger partial charge in [0, 0.05) is 26.0 Å². The Bertz CT molecular complexity index is 740. The highest BCUT2D eigenvalue weighted by Crippen LogP contribution is 2.08. The van der Waals surface area contributed by atoms with Crippen molar-refractivity contribution in [1.29, 1.82) is 0 Å². The second-order valence-corrected chi connectivity index (χ2v) is 7.33. The Balaban J connectivity index is 1.79. The number of sulfonamides is 1. The minimum Gasteiger partial charge on any atom is -0.355 e. The summed E-state index contributed by atoms with van der Waals surface area (Å²) in [5.74, 6) is -0.314. The van der Waals surface area contributed by atoms with Crippen molar-refractivity contribution in [3.63, 3.8) is 0 Å². The fraction of sp³-hybridized carbons (Fsp3) is 0.333. The molecule has 0 aliphatic rings. The molecule has 0 radical (unpaired) electrons. The number of aromatic nitrogens is 2. The molecule has 2 aromatic rings. The van der Waals surface area contributed by atoms with E-state index in [1.807, 2.05) is 36.5 Å². The minimum absolute atomic E-state index is 0.170. The van der Waals surface area contributed by atoms with Gasteiger partial charge in [-0.3, -0.25) is 4.79 Å². The van der Waals surface area contributed by atoms with Crippen LogP contribution in [0.5, 0.6) is 0 Å². The second-order valence-electron chi connectivity index (χ2n) is 5.24. The molecular formula is C15H20N4O3S. The van der Waals surface area contributed by atoms with Crippen LogP contribution in [0.3, 0.4) is 0 Å². The van der Waals surface area contributed by atoms with Gasteiger partial charge in [0.2, 0.25) is 15.9 Å². The van der Waals surface area contributed by atoms with Crippen molar-refractivity contribution in [1.82, 2.24) is 19.4 Å². The quantitative estimate of drug-likeness (QED) is 0.794. The first-order valence-electron chi connectivity index (χ1n) is 7.13. The van der Waals surface area contributed by atoms with E-state index in [2.05, 4.69) is 10.4 Å². The first-order chi connectivity index (χ1) is 10.9. The lowest BCUT2D eigenvalue weighted by atomic mass is 10.1. The zero-order valence-electron chi connectivity index (χ0n) is 13.1. The SMILES string of the molecule is CN(CC(=O)NCCc1ccc(-n2cccn2)cc1)S(C)(=O)=O. The first-order valence-corrected chi connectivity index (χ1v) is 8.98. The van der Waals surface area contributed by atoms with Crippen molar-refractivity contribution >= 4 is 15.9 Å². The van der Waals surface area contributed by atoms with Gasteiger partial charge in [-0.05, 0) is 30.2 Å².